The van der Waals surface area contributed by atoms with Gasteiger partial charge in [-0.3, -0.25) is 4.55 Å². The molecule has 2 saturated heterocycles. The first-order valence-corrected chi connectivity index (χ1v) is 10.5. The van der Waals surface area contributed by atoms with E-state index in [0.717, 1.165) is 23.7 Å². The molecule has 0 unspecified atom stereocenters. The first-order chi connectivity index (χ1) is 12.2. The second kappa shape index (κ2) is 7.38. The lowest BCUT2D eigenvalue weighted by atomic mass is 10.0. The average Bonchev–Trinajstić information content (AvgIpc) is 3.04. The smallest absolute Gasteiger partial charge is 0.340 e. The zero-order valence-corrected chi connectivity index (χ0v) is 15.7. The highest BCUT2D eigenvalue weighted by Gasteiger charge is 2.40. The van der Waals surface area contributed by atoms with E-state index < -0.39 is 10.1 Å². The van der Waals surface area contributed by atoms with Crippen LogP contribution in [0.4, 0.5) is 0 Å². The van der Waals surface area contributed by atoms with Crippen LogP contribution in [0.15, 0.2) is 30.5 Å². The van der Waals surface area contributed by atoms with E-state index in [-0.39, 0.29) is 12.1 Å². The van der Waals surface area contributed by atoms with Crippen LogP contribution in [-0.4, -0.2) is 60.3 Å². The summed E-state index contributed by atoms with van der Waals surface area (Å²) in [5, 5.41) is 0.943. The predicted molar refractivity (Wildman–Crippen MR) is 98.8 cm³/mol. The van der Waals surface area contributed by atoms with Crippen LogP contribution < -0.4 is 0 Å². The van der Waals surface area contributed by atoms with E-state index in [1.54, 1.807) is 6.20 Å². The van der Waals surface area contributed by atoms with E-state index in [2.05, 4.69) is 16.9 Å². The fourth-order valence-electron chi connectivity index (χ4n) is 3.91. The molecule has 1 aromatic carbocycles. The number of aromatic nitrogens is 1. The number of nitrogens with zero attached hydrogens (tertiary/aromatic N) is 1. The number of para-hydroxylation sites is 1. The number of carbonyl (C=O) groups is 1. The summed E-state index contributed by atoms with van der Waals surface area (Å²) in [7, 11) is -1.47. The van der Waals surface area contributed by atoms with Crippen LogP contribution in [0.25, 0.3) is 10.9 Å². The van der Waals surface area contributed by atoms with E-state index in [4.69, 9.17) is 9.29 Å². The van der Waals surface area contributed by atoms with E-state index in [1.165, 1.54) is 12.8 Å². The quantitative estimate of drug-likeness (QED) is 0.613. The molecule has 1 aromatic heterocycles. The Kier molecular flexibility index (Phi) is 5.36. The lowest BCUT2D eigenvalue weighted by Crippen LogP contribution is -2.43. The third kappa shape index (κ3) is 4.44. The summed E-state index contributed by atoms with van der Waals surface area (Å²) in [6, 6.07) is 9.02. The number of piperidine rings is 1. The van der Waals surface area contributed by atoms with Gasteiger partial charge in [0.2, 0.25) is 0 Å². The number of H-pyrrole nitrogens is 1. The molecule has 2 bridgehead atoms. The molecule has 2 atom stereocenters. The summed E-state index contributed by atoms with van der Waals surface area (Å²) in [5.74, 6) is -0.193. The maximum atomic E-state index is 12.4. The predicted octanol–water partition coefficient (Wildman–Crippen LogP) is 2.45. The molecule has 0 amide bonds. The van der Waals surface area contributed by atoms with Gasteiger partial charge in [-0.25, -0.2) is 4.79 Å². The van der Waals surface area contributed by atoms with Crippen molar-refractivity contribution in [1.29, 1.82) is 0 Å². The van der Waals surface area contributed by atoms with Crippen LogP contribution in [0.5, 0.6) is 0 Å². The summed E-state index contributed by atoms with van der Waals surface area (Å²) >= 11 is 0. The van der Waals surface area contributed by atoms with Crippen molar-refractivity contribution in [2.45, 2.75) is 43.9 Å². The van der Waals surface area contributed by atoms with Crippen LogP contribution >= 0.6 is 0 Å². The number of benzene rings is 1. The zero-order valence-electron chi connectivity index (χ0n) is 14.9. The number of aromatic amines is 1. The summed E-state index contributed by atoms with van der Waals surface area (Å²) in [5.41, 5.74) is 1.63. The van der Waals surface area contributed by atoms with Gasteiger partial charge in [0.25, 0.3) is 10.1 Å². The monoisotopic (exact) mass is 380 g/mol. The van der Waals surface area contributed by atoms with Gasteiger partial charge < -0.3 is 14.6 Å². The lowest BCUT2D eigenvalue weighted by molar-refractivity contribution is -0.000263. The fourth-order valence-corrected chi connectivity index (χ4v) is 3.91. The Morgan fingerprint density at radius 2 is 1.81 bits per heavy atom. The van der Waals surface area contributed by atoms with Gasteiger partial charge in [-0.1, -0.05) is 18.2 Å². The van der Waals surface area contributed by atoms with Gasteiger partial charge in [-0.2, -0.15) is 8.42 Å². The van der Waals surface area contributed by atoms with Gasteiger partial charge >= 0.3 is 5.97 Å². The van der Waals surface area contributed by atoms with Gasteiger partial charge in [0.1, 0.15) is 6.10 Å². The van der Waals surface area contributed by atoms with Crippen LogP contribution in [-0.2, 0) is 14.9 Å². The molecule has 26 heavy (non-hydrogen) atoms. The van der Waals surface area contributed by atoms with Crippen LogP contribution in [0.3, 0.4) is 0 Å². The maximum absolute atomic E-state index is 12.4. The fraction of sp³-hybridized carbons (Fsp3) is 0.500. The number of carbonyl (C=O) groups excluding carboxylic acids is 1. The Balaban J connectivity index is 0.000000349. The molecule has 7 nitrogen and oxygen atoms in total. The molecular weight excluding hydrogens is 356 g/mol. The standard InChI is InChI=1S/C17H20N2O2.CH4O3S/c1-19-11-6-7-12(19)9-13(8-11)21-17(20)15-10-18-16-5-3-2-4-14(15)16;1-5(2,3)4/h2-5,10-13,18H,6-9H2,1H3;1H3,(H,2,3,4)/t11-,12-;/m0./s1. The van der Waals surface area contributed by atoms with E-state index in [1.807, 2.05) is 24.3 Å². The molecule has 2 fully saturated rings. The molecule has 3 heterocycles. The topological polar surface area (TPSA) is 99.7 Å². The number of esters is 1. The summed E-state index contributed by atoms with van der Waals surface area (Å²) in [4.78, 5) is 18.0. The highest BCUT2D eigenvalue weighted by molar-refractivity contribution is 7.85. The first kappa shape index (κ1) is 18.9. The van der Waals surface area contributed by atoms with Gasteiger partial charge in [0, 0.05) is 42.0 Å². The Morgan fingerprint density at radius 3 is 2.42 bits per heavy atom. The molecule has 2 aliphatic heterocycles. The minimum Gasteiger partial charge on any atom is -0.459 e. The number of hydrogen-bond acceptors (Lipinski definition) is 5. The molecule has 0 spiro atoms. The molecule has 2 N–H and O–H groups in total. The summed E-state index contributed by atoms with van der Waals surface area (Å²) in [6.07, 6.45) is 6.97. The van der Waals surface area contributed by atoms with Gasteiger partial charge in [-0.15, -0.1) is 0 Å². The van der Waals surface area contributed by atoms with E-state index in [0.29, 0.717) is 23.9 Å². The third-order valence-electron chi connectivity index (χ3n) is 5.14. The molecule has 2 aromatic rings. The van der Waals surface area contributed by atoms with Crippen molar-refractivity contribution in [1.82, 2.24) is 9.88 Å². The van der Waals surface area contributed by atoms with Crippen LogP contribution in [0.1, 0.15) is 36.0 Å². The van der Waals surface area contributed by atoms with Crippen molar-refractivity contribution in [3.05, 3.63) is 36.0 Å². The average molecular weight is 380 g/mol. The van der Waals surface area contributed by atoms with Gasteiger partial charge in [0.05, 0.1) is 11.8 Å². The number of rotatable bonds is 2. The molecule has 2 aliphatic rings. The Labute approximate surface area is 153 Å². The minimum atomic E-state index is -3.67. The zero-order chi connectivity index (χ0) is 18.9. The number of fused-ring (bicyclic) bond motifs is 3. The Morgan fingerprint density at radius 1 is 1.23 bits per heavy atom. The molecule has 8 heteroatoms. The van der Waals surface area contributed by atoms with Gasteiger partial charge in [-0.05, 0) is 26.0 Å². The molecule has 142 valence electrons. The van der Waals surface area contributed by atoms with Crippen LogP contribution in [0, 0.1) is 0 Å². The number of hydrogen-bond donors (Lipinski definition) is 2. The maximum Gasteiger partial charge on any atom is 0.340 e. The van der Waals surface area contributed by atoms with E-state index >= 15 is 0 Å². The second-order valence-corrected chi connectivity index (χ2v) is 8.50. The highest BCUT2D eigenvalue weighted by Crippen LogP contribution is 2.35. The number of nitrogens with one attached hydrogen (secondary N) is 1. The van der Waals surface area contributed by atoms with Crippen molar-refractivity contribution in [2.24, 2.45) is 0 Å². The summed E-state index contributed by atoms with van der Waals surface area (Å²) < 4.78 is 31.7. The molecule has 0 aliphatic carbocycles. The van der Waals surface area contributed by atoms with Crippen molar-refractivity contribution in [3.63, 3.8) is 0 Å². The Bertz CT molecular complexity index is 870. The molecule has 4 rings (SSSR count). The SMILES string of the molecule is CN1[C@H]2CC[C@H]1CC(OC(=O)c1c[nH]c3ccccc13)C2.CS(=O)(=O)O. The summed E-state index contributed by atoms with van der Waals surface area (Å²) in [6.45, 7) is 0. The Hall–Kier alpha value is -1.90. The third-order valence-corrected chi connectivity index (χ3v) is 5.14. The van der Waals surface area contributed by atoms with Crippen molar-refractivity contribution in [3.8, 4) is 0 Å². The van der Waals surface area contributed by atoms with Crippen LogP contribution in [0.2, 0.25) is 0 Å². The lowest BCUT2D eigenvalue weighted by Gasteiger charge is -2.35. The number of ether oxygens (including phenoxy) is 1. The largest absolute Gasteiger partial charge is 0.459 e. The minimum absolute atomic E-state index is 0.0693. The van der Waals surface area contributed by atoms with Crippen molar-refractivity contribution < 1.29 is 22.5 Å². The normalized spacial score (nSPS) is 25.6. The second-order valence-electron chi connectivity index (χ2n) is 7.03. The van der Waals surface area contributed by atoms with Crippen molar-refractivity contribution in [2.75, 3.05) is 13.3 Å². The van der Waals surface area contributed by atoms with E-state index in [9.17, 15) is 13.2 Å². The first-order valence-electron chi connectivity index (χ1n) is 8.64. The molecule has 0 radical (unpaired) electrons. The van der Waals surface area contributed by atoms with Crippen molar-refractivity contribution >= 4 is 27.0 Å². The molecule has 0 saturated carbocycles. The highest BCUT2D eigenvalue weighted by atomic mass is 32.2. The molecular formula is C18H24N2O5S. The van der Waals surface area contributed by atoms with Gasteiger partial charge in [0.15, 0.2) is 0 Å².